The number of thiazole rings is 1. The van der Waals surface area contributed by atoms with Crippen LogP contribution in [0.4, 0.5) is 0 Å². The molecule has 1 aromatic heterocycles. The van der Waals surface area contributed by atoms with E-state index in [1.807, 2.05) is 25.2 Å². The molecule has 1 aromatic carbocycles. The summed E-state index contributed by atoms with van der Waals surface area (Å²) >= 11 is 1.70. The van der Waals surface area contributed by atoms with Gasteiger partial charge in [-0.1, -0.05) is 0 Å². The third-order valence-corrected chi connectivity index (χ3v) is 4.06. The molecule has 1 aliphatic heterocycles. The lowest BCUT2D eigenvalue weighted by Gasteiger charge is -2.06. The van der Waals surface area contributed by atoms with E-state index in [1.54, 1.807) is 11.3 Å². The Hall–Kier alpha value is -1.59. The van der Waals surface area contributed by atoms with Gasteiger partial charge in [0.2, 0.25) is 6.79 Å². The highest BCUT2D eigenvalue weighted by Gasteiger charge is 2.15. The van der Waals surface area contributed by atoms with Crippen molar-refractivity contribution in [2.24, 2.45) is 0 Å². The lowest BCUT2D eigenvalue weighted by molar-refractivity contribution is 0.174. The average molecular weight is 276 g/mol. The van der Waals surface area contributed by atoms with E-state index >= 15 is 0 Å². The van der Waals surface area contributed by atoms with Crippen LogP contribution in [0.1, 0.15) is 11.9 Å². The highest BCUT2D eigenvalue weighted by molar-refractivity contribution is 7.09. The maximum Gasteiger partial charge on any atom is 0.231 e. The second-order valence-electron chi connectivity index (χ2n) is 4.59. The minimum atomic E-state index is 0.306. The number of hydrogen-bond acceptors (Lipinski definition) is 5. The Balaban J connectivity index is 1.82. The minimum absolute atomic E-state index is 0.306. The monoisotopic (exact) mass is 276 g/mol. The second-order valence-corrected chi connectivity index (χ2v) is 5.53. The van der Waals surface area contributed by atoms with Crippen molar-refractivity contribution in [1.29, 1.82) is 0 Å². The number of nitrogens with zero attached hydrogens (tertiary/aromatic N) is 1. The molecule has 1 unspecified atom stereocenters. The molecular weight excluding hydrogens is 260 g/mol. The Morgan fingerprint density at radius 3 is 3.05 bits per heavy atom. The average Bonchev–Trinajstić information content (AvgIpc) is 3.05. The van der Waals surface area contributed by atoms with Crippen molar-refractivity contribution < 1.29 is 9.47 Å². The van der Waals surface area contributed by atoms with Crippen molar-refractivity contribution >= 4 is 11.3 Å². The lowest BCUT2D eigenvalue weighted by Crippen LogP contribution is -2.23. The summed E-state index contributed by atoms with van der Waals surface area (Å²) in [5.41, 5.74) is 2.07. The van der Waals surface area contributed by atoms with Gasteiger partial charge in [-0.2, -0.15) is 0 Å². The van der Waals surface area contributed by atoms with Crippen LogP contribution in [0.5, 0.6) is 11.5 Å². The van der Waals surface area contributed by atoms with Crippen molar-refractivity contribution in [2.45, 2.75) is 19.4 Å². The highest BCUT2D eigenvalue weighted by atomic mass is 32.1. The number of fused-ring (bicyclic) bond motifs is 1. The fourth-order valence-corrected chi connectivity index (χ4v) is 2.89. The third kappa shape index (κ3) is 2.57. The van der Waals surface area contributed by atoms with Gasteiger partial charge >= 0.3 is 0 Å². The number of benzene rings is 1. The van der Waals surface area contributed by atoms with Crippen LogP contribution in [0.15, 0.2) is 23.6 Å². The molecule has 0 fully saturated rings. The third-order valence-electron chi connectivity index (χ3n) is 3.19. The van der Waals surface area contributed by atoms with Crippen LogP contribution in [0, 0.1) is 0 Å². The zero-order chi connectivity index (χ0) is 13.2. The number of rotatable bonds is 4. The first kappa shape index (κ1) is 12.4. The molecule has 0 amide bonds. The van der Waals surface area contributed by atoms with Crippen LogP contribution >= 0.6 is 11.3 Å². The molecule has 5 heteroatoms. The maximum atomic E-state index is 5.39. The summed E-state index contributed by atoms with van der Waals surface area (Å²) in [5.74, 6) is 1.61. The Kier molecular flexibility index (Phi) is 3.40. The quantitative estimate of drug-likeness (QED) is 0.932. The summed E-state index contributed by atoms with van der Waals surface area (Å²) in [6.07, 6.45) is 0.950. The molecule has 0 saturated heterocycles. The Morgan fingerprint density at radius 1 is 1.37 bits per heavy atom. The normalized spacial score (nSPS) is 14.6. The zero-order valence-electron chi connectivity index (χ0n) is 11.0. The van der Waals surface area contributed by atoms with Gasteiger partial charge in [-0.25, -0.2) is 4.98 Å². The fourth-order valence-electron chi connectivity index (χ4n) is 1.96. The Morgan fingerprint density at radius 2 is 2.21 bits per heavy atom. The predicted molar refractivity (Wildman–Crippen MR) is 75.9 cm³/mol. The Bertz CT molecular complexity index is 583. The van der Waals surface area contributed by atoms with Crippen LogP contribution in [-0.2, 0) is 6.42 Å². The maximum absolute atomic E-state index is 5.39. The van der Waals surface area contributed by atoms with Gasteiger partial charge in [0, 0.05) is 23.4 Å². The summed E-state index contributed by atoms with van der Waals surface area (Å²) in [4.78, 5) is 4.68. The first-order valence-electron chi connectivity index (χ1n) is 6.28. The number of aromatic nitrogens is 1. The van der Waals surface area contributed by atoms with Crippen molar-refractivity contribution in [3.05, 3.63) is 28.6 Å². The van der Waals surface area contributed by atoms with E-state index in [0.29, 0.717) is 12.8 Å². The summed E-state index contributed by atoms with van der Waals surface area (Å²) in [5, 5.41) is 6.47. The van der Waals surface area contributed by atoms with Crippen LogP contribution in [0.2, 0.25) is 0 Å². The second kappa shape index (κ2) is 5.19. The van der Waals surface area contributed by atoms with Gasteiger partial charge in [0.05, 0.1) is 10.7 Å². The van der Waals surface area contributed by atoms with E-state index in [1.165, 1.54) is 0 Å². The molecule has 4 nitrogen and oxygen atoms in total. The molecule has 2 heterocycles. The first-order chi connectivity index (χ1) is 9.26. The molecule has 1 aliphatic rings. The summed E-state index contributed by atoms with van der Waals surface area (Å²) in [6, 6.07) is 6.39. The van der Waals surface area contributed by atoms with E-state index in [9.17, 15) is 0 Å². The molecule has 100 valence electrons. The molecule has 3 rings (SSSR count). The molecule has 19 heavy (non-hydrogen) atoms. The SMILES string of the molecule is CNC(C)Cc1nc(-c2ccc3c(c2)OCO3)cs1. The summed E-state index contributed by atoms with van der Waals surface area (Å²) < 4.78 is 10.7. The van der Waals surface area contributed by atoms with Crippen molar-refractivity contribution in [3.63, 3.8) is 0 Å². The van der Waals surface area contributed by atoms with E-state index in [2.05, 4.69) is 22.6 Å². The van der Waals surface area contributed by atoms with Gasteiger partial charge in [-0.15, -0.1) is 11.3 Å². The number of likely N-dealkylation sites (N-methyl/N-ethyl adjacent to an activating group) is 1. The van der Waals surface area contributed by atoms with Gasteiger partial charge in [-0.3, -0.25) is 0 Å². The number of hydrogen-bond donors (Lipinski definition) is 1. The Labute approximate surface area is 116 Å². The van der Waals surface area contributed by atoms with Gasteiger partial charge in [0.15, 0.2) is 11.5 Å². The number of ether oxygens (including phenoxy) is 2. The smallest absolute Gasteiger partial charge is 0.231 e. The fraction of sp³-hybridized carbons (Fsp3) is 0.357. The largest absolute Gasteiger partial charge is 0.454 e. The molecule has 0 radical (unpaired) electrons. The molecule has 0 spiro atoms. The van der Waals surface area contributed by atoms with Gasteiger partial charge in [0.25, 0.3) is 0 Å². The zero-order valence-corrected chi connectivity index (χ0v) is 11.8. The molecular formula is C14H16N2O2S. The van der Waals surface area contributed by atoms with Gasteiger partial charge < -0.3 is 14.8 Å². The highest BCUT2D eigenvalue weighted by Crippen LogP contribution is 2.36. The van der Waals surface area contributed by atoms with E-state index in [-0.39, 0.29) is 0 Å². The van der Waals surface area contributed by atoms with Gasteiger partial charge in [0.1, 0.15) is 0 Å². The molecule has 0 aliphatic carbocycles. The van der Waals surface area contributed by atoms with Gasteiger partial charge in [-0.05, 0) is 32.2 Å². The first-order valence-corrected chi connectivity index (χ1v) is 7.16. The molecule has 1 atom stereocenters. The lowest BCUT2D eigenvalue weighted by atomic mass is 10.1. The molecule has 2 aromatic rings. The minimum Gasteiger partial charge on any atom is -0.454 e. The summed E-state index contributed by atoms with van der Waals surface area (Å²) in [6.45, 7) is 2.46. The van der Waals surface area contributed by atoms with Crippen molar-refractivity contribution in [3.8, 4) is 22.8 Å². The topological polar surface area (TPSA) is 43.4 Å². The predicted octanol–water partition coefficient (Wildman–Crippen LogP) is 2.69. The standard InChI is InChI=1S/C14H16N2O2S/c1-9(15-2)5-14-16-11(7-19-14)10-3-4-12-13(6-10)18-8-17-12/h3-4,6-7,9,15H,5,8H2,1-2H3. The van der Waals surface area contributed by atoms with Crippen molar-refractivity contribution in [2.75, 3.05) is 13.8 Å². The van der Waals surface area contributed by atoms with E-state index in [0.717, 1.165) is 34.2 Å². The van der Waals surface area contributed by atoms with Crippen molar-refractivity contribution in [1.82, 2.24) is 10.3 Å². The van der Waals surface area contributed by atoms with Crippen LogP contribution in [0.25, 0.3) is 11.3 Å². The van der Waals surface area contributed by atoms with E-state index in [4.69, 9.17) is 9.47 Å². The summed E-state index contributed by atoms with van der Waals surface area (Å²) in [7, 11) is 1.97. The molecule has 0 bridgehead atoms. The van der Waals surface area contributed by atoms with Crippen LogP contribution in [0.3, 0.4) is 0 Å². The van der Waals surface area contributed by atoms with Crippen LogP contribution in [-0.4, -0.2) is 24.9 Å². The van der Waals surface area contributed by atoms with Crippen LogP contribution < -0.4 is 14.8 Å². The molecule has 1 N–H and O–H groups in total. The van der Waals surface area contributed by atoms with E-state index < -0.39 is 0 Å². The number of nitrogens with one attached hydrogen (secondary N) is 1. The molecule has 0 saturated carbocycles.